The van der Waals surface area contributed by atoms with E-state index in [0.717, 1.165) is 5.56 Å². The molecule has 0 aromatic heterocycles. The molecule has 2 heterocycles. The average molecular weight is 416 g/mol. The standard InChI is InChI=1S/C21H22ClN3O4/c1-21(2,3)29-20(27)25-10-13(11-25)28-17-6-4-5-14(22)18(17)12-7-8-15-16(9-12)24-19(26)23-15/h4-9,12-13H,10-11H2,1-3H3,(H,24,26). The maximum Gasteiger partial charge on any atom is 0.410 e. The summed E-state index contributed by atoms with van der Waals surface area (Å²) in [5.74, 6) is 0.496. The number of aliphatic imine (C=N–C) groups is 1. The third-order valence-electron chi connectivity index (χ3n) is 4.69. The van der Waals surface area contributed by atoms with Crippen LogP contribution in [0.25, 0.3) is 0 Å². The van der Waals surface area contributed by atoms with Gasteiger partial charge in [0.1, 0.15) is 17.5 Å². The Bertz CT molecular complexity index is 955. The Hall–Kier alpha value is -2.80. The van der Waals surface area contributed by atoms with Crippen LogP contribution in [0.15, 0.2) is 47.1 Å². The number of rotatable bonds is 3. The number of allylic oxidation sites excluding steroid dienone is 3. The molecule has 1 N–H and O–H groups in total. The summed E-state index contributed by atoms with van der Waals surface area (Å²) in [5, 5.41) is 3.29. The van der Waals surface area contributed by atoms with Gasteiger partial charge in [0.05, 0.1) is 24.5 Å². The van der Waals surface area contributed by atoms with Crippen LogP contribution in [-0.2, 0) is 4.74 Å². The van der Waals surface area contributed by atoms with Gasteiger partial charge in [-0.25, -0.2) is 9.59 Å². The zero-order valence-electron chi connectivity index (χ0n) is 16.4. The highest BCUT2D eigenvalue weighted by Gasteiger charge is 2.36. The van der Waals surface area contributed by atoms with Crippen LogP contribution < -0.4 is 10.1 Å². The highest BCUT2D eigenvalue weighted by Crippen LogP contribution is 2.38. The number of likely N-dealkylation sites (tertiary alicyclic amines) is 1. The molecule has 1 unspecified atom stereocenters. The third-order valence-corrected chi connectivity index (χ3v) is 5.02. The second-order valence-electron chi connectivity index (χ2n) is 8.17. The van der Waals surface area contributed by atoms with E-state index in [1.165, 1.54) is 0 Å². The Kier molecular flexibility index (Phi) is 4.86. The van der Waals surface area contributed by atoms with E-state index in [2.05, 4.69) is 10.3 Å². The van der Waals surface area contributed by atoms with E-state index in [0.29, 0.717) is 35.3 Å². The number of halogens is 1. The molecule has 0 spiro atoms. The van der Waals surface area contributed by atoms with Gasteiger partial charge in [-0.05, 0) is 45.1 Å². The number of carbonyl (C=O) groups excluding carboxylic acids is 2. The van der Waals surface area contributed by atoms with E-state index in [1.54, 1.807) is 17.0 Å². The maximum absolute atomic E-state index is 12.1. The van der Waals surface area contributed by atoms with Gasteiger partial charge in [-0.2, -0.15) is 4.99 Å². The van der Waals surface area contributed by atoms with Gasteiger partial charge in [-0.3, -0.25) is 0 Å². The second-order valence-corrected chi connectivity index (χ2v) is 8.58. The summed E-state index contributed by atoms with van der Waals surface area (Å²) < 4.78 is 11.5. The summed E-state index contributed by atoms with van der Waals surface area (Å²) >= 11 is 6.49. The molecule has 2 aliphatic heterocycles. The fraction of sp³-hybridized carbons (Fsp3) is 0.381. The smallest absolute Gasteiger partial charge is 0.410 e. The summed E-state index contributed by atoms with van der Waals surface area (Å²) in [5.41, 5.74) is 1.58. The van der Waals surface area contributed by atoms with Gasteiger partial charge < -0.3 is 19.7 Å². The van der Waals surface area contributed by atoms with Crippen LogP contribution in [0.3, 0.4) is 0 Å². The number of fused-ring (bicyclic) bond motifs is 1. The molecule has 29 heavy (non-hydrogen) atoms. The van der Waals surface area contributed by atoms with Crippen molar-refractivity contribution < 1.29 is 19.1 Å². The highest BCUT2D eigenvalue weighted by atomic mass is 35.5. The summed E-state index contributed by atoms with van der Waals surface area (Å²) in [7, 11) is 0. The lowest BCUT2D eigenvalue weighted by Crippen LogP contribution is -2.57. The van der Waals surface area contributed by atoms with Crippen molar-refractivity contribution >= 4 is 29.4 Å². The van der Waals surface area contributed by atoms with E-state index < -0.39 is 5.60 Å². The van der Waals surface area contributed by atoms with Crippen LogP contribution in [0.4, 0.5) is 9.59 Å². The van der Waals surface area contributed by atoms with Gasteiger partial charge in [0.15, 0.2) is 0 Å². The van der Waals surface area contributed by atoms with Crippen molar-refractivity contribution in [2.24, 2.45) is 4.99 Å². The predicted molar refractivity (Wildman–Crippen MR) is 110 cm³/mol. The number of hydrogen-bond donors (Lipinski definition) is 1. The number of carbonyl (C=O) groups is 2. The largest absolute Gasteiger partial charge is 0.486 e. The molecule has 152 valence electrons. The molecule has 3 amide bonds. The van der Waals surface area contributed by atoms with Crippen molar-refractivity contribution in [1.82, 2.24) is 10.2 Å². The summed E-state index contributed by atoms with van der Waals surface area (Å²) in [4.78, 5) is 29.1. The van der Waals surface area contributed by atoms with Gasteiger partial charge in [0.25, 0.3) is 0 Å². The Morgan fingerprint density at radius 1 is 1.31 bits per heavy atom. The Labute approximate surface area is 174 Å². The molecule has 1 atom stereocenters. The van der Waals surface area contributed by atoms with Gasteiger partial charge in [0, 0.05) is 16.5 Å². The first-order chi connectivity index (χ1) is 13.7. The maximum atomic E-state index is 12.1. The lowest BCUT2D eigenvalue weighted by atomic mass is 9.92. The summed E-state index contributed by atoms with van der Waals surface area (Å²) in [6.07, 6.45) is 5.17. The van der Waals surface area contributed by atoms with Crippen LogP contribution >= 0.6 is 11.6 Å². The average Bonchev–Trinajstić information content (AvgIpc) is 2.95. The Balaban J connectivity index is 1.46. The van der Waals surface area contributed by atoms with Crippen molar-refractivity contribution in [1.29, 1.82) is 0 Å². The number of hydrogen-bond acceptors (Lipinski definition) is 4. The number of nitrogens with one attached hydrogen (secondary N) is 1. The predicted octanol–water partition coefficient (Wildman–Crippen LogP) is 4.04. The van der Waals surface area contributed by atoms with E-state index in [1.807, 2.05) is 45.1 Å². The van der Waals surface area contributed by atoms with Crippen LogP contribution in [0, 0.1) is 0 Å². The lowest BCUT2D eigenvalue weighted by molar-refractivity contribution is -0.0223. The van der Waals surface area contributed by atoms with Crippen LogP contribution in [0.1, 0.15) is 32.3 Å². The molecule has 1 aliphatic carbocycles. The molecule has 1 aromatic rings. The topological polar surface area (TPSA) is 80.2 Å². The quantitative estimate of drug-likeness (QED) is 0.807. The molecule has 4 rings (SSSR count). The monoisotopic (exact) mass is 415 g/mol. The molecule has 0 radical (unpaired) electrons. The Morgan fingerprint density at radius 2 is 2.07 bits per heavy atom. The zero-order chi connectivity index (χ0) is 20.8. The number of nitrogens with zero attached hydrogens (tertiary/aromatic N) is 2. The number of urea groups is 1. The number of ether oxygens (including phenoxy) is 2. The third kappa shape index (κ3) is 4.15. The fourth-order valence-electron chi connectivity index (χ4n) is 3.35. The molecule has 3 aliphatic rings. The molecule has 1 fully saturated rings. The molecule has 0 bridgehead atoms. The summed E-state index contributed by atoms with van der Waals surface area (Å²) in [6, 6.07) is 5.13. The highest BCUT2D eigenvalue weighted by molar-refractivity contribution is 6.31. The number of benzene rings is 1. The molecule has 7 nitrogen and oxygen atoms in total. The molecule has 1 saturated heterocycles. The first kappa shape index (κ1) is 19.5. The normalized spacial score (nSPS) is 21.0. The molecular formula is C21H22ClN3O4. The van der Waals surface area contributed by atoms with E-state index in [9.17, 15) is 9.59 Å². The van der Waals surface area contributed by atoms with Gasteiger partial charge >= 0.3 is 12.1 Å². The van der Waals surface area contributed by atoms with E-state index in [-0.39, 0.29) is 24.1 Å². The Morgan fingerprint density at radius 3 is 2.79 bits per heavy atom. The van der Waals surface area contributed by atoms with E-state index >= 15 is 0 Å². The van der Waals surface area contributed by atoms with Crippen molar-refractivity contribution in [3.05, 3.63) is 52.7 Å². The van der Waals surface area contributed by atoms with Gasteiger partial charge in [-0.1, -0.05) is 23.7 Å². The van der Waals surface area contributed by atoms with Crippen LogP contribution in [-0.4, -0.2) is 47.5 Å². The minimum atomic E-state index is -0.526. The van der Waals surface area contributed by atoms with Crippen molar-refractivity contribution in [3.8, 4) is 5.75 Å². The first-order valence-electron chi connectivity index (χ1n) is 9.43. The van der Waals surface area contributed by atoms with Gasteiger partial charge in [0.2, 0.25) is 0 Å². The SMILES string of the molecule is CC(C)(C)OC(=O)N1CC(Oc2cccc(Cl)c2C2C=CC3=NC(=O)NC3=C2)C1. The van der Waals surface area contributed by atoms with Crippen molar-refractivity contribution in [2.45, 2.75) is 38.4 Å². The van der Waals surface area contributed by atoms with Gasteiger partial charge in [-0.15, -0.1) is 0 Å². The molecule has 0 saturated carbocycles. The van der Waals surface area contributed by atoms with Crippen molar-refractivity contribution in [3.63, 3.8) is 0 Å². The fourth-order valence-corrected chi connectivity index (χ4v) is 3.64. The van der Waals surface area contributed by atoms with Crippen LogP contribution in [0.2, 0.25) is 5.02 Å². The second kappa shape index (κ2) is 7.22. The van der Waals surface area contributed by atoms with Crippen LogP contribution in [0.5, 0.6) is 5.75 Å². The molecule has 8 heteroatoms. The first-order valence-corrected chi connectivity index (χ1v) is 9.80. The minimum Gasteiger partial charge on any atom is -0.486 e. The zero-order valence-corrected chi connectivity index (χ0v) is 17.2. The number of amides is 3. The van der Waals surface area contributed by atoms with Crippen molar-refractivity contribution in [2.75, 3.05) is 13.1 Å². The minimum absolute atomic E-state index is 0.136. The molecule has 1 aromatic carbocycles. The summed E-state index contributed by atoms with van der Waals surface area (Å²) in [6.45, 7) is 6.43. The van der Waals surface area contributed by atoms with E-state index in [4.69, 9.17) is 21.1 Å². The molecular weight excluding hydrogens is 394 g/mol. The lowest BCUT2D eigenvalue weighted by Gasteiger charge is -2.39.